The van der Waals surface area contributed by atoms with Crippen molar-refractivity contribution in [2.24, 2.45) is 0 Å². The molecule has 0 fully saturated rings. The standard InChI is InChI=1S/C14H23N3O3S/c1-9-6-7-10(2)13(12(9)15)21(19,20)16-8-11(18)17-14(3,4)5/h6-7,16H,8,15H2,1-5H3,(H,17,18). The fourth-order valence-electron chi connectivity index (χ4n) is 1.86. The number of hydrogen-bond donors (Lipinski definition) is 3. The van der Waals surface area contributed by atoms with Crippen molar-refractivity contribution in [2.45, 2.75) is 45.1 Å². The molecule has 0 aliphatic heterocycles. The Morgan fingerprint density at radius 3 is 2.24 bits per heavy atom. The number of carbonyl (C=O) groups excluding carboxylic acids is 1. The SMILES string of the molecule is Cc1ccc(C)c(S(=O)(=O)NCC(=O)NC(C)(C)C)c1N. The summed E-state index contributed by atoms with van der Waals surface area (Å²) in [6.07, 6.45) is 0. The smallest absolute Gasteiger partial charge is 0.243 e. The van der Waals surface area contributed by atoms with Gasteiger partial charge in [0.15, 0.2) is 0 Å². The number of nitrogens with two attached hydrogens (primary N) is 1. The number of hydrogen-bond acceptors (Lipinski definition) is 4. The zero-order valence-electron chi connectivity index (χ0n) is 13.1. The van der Waals surface area contributed by atoms with Gasteiger partial charge in [-0.05, 0) is 45.7 Å². The summed E-state index contributed by atoms with van der Waals surface area (Å²) >= 11 is 0. The molecule has 0 aliphatic carbocycles. The lowest BCUT2D eigenvalue weighted by atomic mass is 10.1. The van der Waals surface area contributed by atoms with E-state index in [9.17, 15) is 13.2 Å². The Kier molecular flexibility index (Phi) is 5.01. The molecule has 0 unspecified atom stereocenters. The van der Waals surface area contributed by atoms with Gasteiger partial charge in [-0.1, -0.05) is 12.1 Å². The molecule has 21 heavy (non-hydrogen) atoms. The molecule has 0 aliphatic rings. The molecule has 0 saturated carbocycles. The summed E-state index contributed by atoms with van der Waals surface area (Å²) in [5.74, 6) is -0.394. The number of amides is 1. The second-order valence-corrected chi connectivity index (χ2v) is 7.77. The highest BCUT2D eigenvalue weighted by molar-refractivity contribution is 7.89. The van der Waals surface area contributed by atoms with Gasteiger partial charge in [-0.3, -0.25) is 4.79 Å². The molecule has 0 heterocycles. The minimum atomic E-state index is -3.83. The van der Waals surface area contributed by atoms with Gasteiger partial charge >= 0.3 is 0 Å². The monoisotopic (exact) mass is 313 g/mol. The van der Waals surface area contributed by atoms with E-state index in [1.807, 2.05) is 20.8 Å². The first-order valence-electron chi connectivity index (χ1n) is 6.60. The lowest BCUT2D eigenvalue weighted by molar-refractivity contribution is -0.121. The first-order valence-corrected chi connectivity index (χ1v) is 8.09. The Labute approximate surface area is 126 Å². The predicted octanol–water partition coefficient (Wildman–Crippen LogP) is 1.08. The Balaban J connectivity index is 2.94. The third-order valence-electron chi connectivity index (χ3n) is 2.82. The Morgan fingerprint density at radius 2 is 1.71 bits per heavy atom. The van der Waals surface area contributed by atoms with Crippen molar-refractivity contribution in [3.8, 4) is 0 Å². The van der Waals surface area contributed by atoms with Gasteiger partial charge in [0.2, 0.25) is 15.9 Å². The highest BCUT2D eigenvalue weighted by Gasteiger charge is 2.23. The van der Waals surface area contributed by atoms with Crippen LogP contribution in [0, 0.1) is 13.8 Å². The van der Waals surface area contributed by atoms with E-state index in [2.05, 4.69) is 10.0 Å². The molecule has 1 aromatic rings. The van der Waals surface area contributed by atoms with Gasteiger partial charge in [-0.15, -0.1) is 0 Å². The number of sulfonamides is 1. The summed E-state index contributed by atoms with van der Waals surface area (Å²) in [5, 5.41) is 2.69. The third kappa shape index (κ3) is 4.71. The normalized spacial score (nSPS) is 12.2. The van der Waals surface area contributed by atoms with Crippen molar-refractivity contribution in [1.29, 1.82) is 0 Å². The summed E-state index contributed by atoms with van der Waals surface area (Å²) in [4.78, 5) is 11.7. The van der Waals surface area contributed by atoms with Crippen LogP contribution in [0.2, 0.25) is 0 Å². The minimum absolute atomic E-state index is 0.0334. The molecule has 0 atom stereocenters. The highest BCUT2D eigenvalue weighted by atomic mass is 32.2. The molecule has 0 radical (unpaired) electrons. The maximum atomic E-state index is 12.3. The van der Waals surface area contributed by atoms with E-state index < -0.39 is 21.5 Å². The first kappa shape index (κ1) is 17.5. The fourth-order valence-corrected chi connectivity index (χ4v) is 3.27. The lowest BCUT2D eigenvalue weighted by Gasteiger charge is -2.21. The Hall–Kier alpha value is -1.60. The van der Waals surface area contributed by atoms with Crippen LogP contribution >= 0.6 is 0 Å². The average molecular weight is 313 g/mol. The molecular formula is C14H23N3O3S. The van der Waals surface area contributed by atoms with Crippen LogP contribution < -0.4 is 15.8 Å². The minimum Gasteiger partial charge on any atom is -0.397 e. The molecule has 0 aromatic heterocycles. The van der Waals surface area contributed by atoms with Crippen molar-refractivity contribution in [2.75, 3.05) is 12.3 Å². The lowest BCUT2D eigenvalue weighted by Crippen LogP contribution is -2.45. The van der Waals surface area contributed by atoms with Crippen molar-refractivity contribution in [1.82, 2.24) is 10.0 Å². The van der Waals surface area contributed by atoms with Gasteiger partial charge in [0, 0.05) is 5.54 Å². The number of rotatable bonds is 4. The van der Waals surface area contributed by atoms with E-state index in [1.54, 1.807) is 26.0 Å². The fraction of sp³-hybridized carbons (Fsp3) is 0.500. The van der Waals surface area contributed by atoms with Crippen LogP contribution in [0.3, 0.4) is 0 Å². The molecule has 4 N–H and O–H groups in total. The van der Waals surface area contributed by atoms with Crippen LogP contribution in [-0.2, 0) is 14.8 Å². The zero-order valence-corrected chi connectivity index (χ0v) is 13.9. The molecule has 1 rings (SSSR count). The van der Waals surface area contributed by atoms with Crippen molar-refractivity contribution in [3.05, 3.63) is 23.3 Å². The van der Waals surface area contributed by atoms with Crippen LogP contribution in [0.5, 0.6) is 0 Å². The van der Waals surface area contributed by atoms with Crippen LogP contribution in [0.25, 0.3) is 0 Å². The molecule has 1 amide bonds. The van der Waals surface area contributed by atoms with Gasteiger partial charge in [0.1, 0.15) is 4.90 Å². The molecule has 0 spiro atoms. The second-order valence-electron chi connectivity index (χ2n) is 6.06. The third-order valence-corrected chi connectivity index (χ3v) is 4.42. The molecule has 118 valence electrons. The number of benzene rings is 1. The average Bonchev–Trinajstić information content (AvgIpc) is 2.30. The van der Waals surface area contributed by atoms with Gasteiger partial charge < -0.3 is 11.1 Å². The van der Waals surface area contributed by atoms with Gasteiger partial charge in [-0.2, -0.15) is 0 Å². The summed E-state index contributed by atoms with van der Waals surface area (Å²) in [7, 11) is -3.83. The predicted molar refractivity (Wildman–Crippen MR) is 83.4 cm³/mol. The van der Waals surface area contributed by atoms with E-state index in [-0.39, 0.29) is 17.1 Å². The number of aryl methyl sites for hydroxylation is 2. The van der Waals surface area contributed by atoms with E-state index in [4.69, 9.17) is 5.73 Å². The molecule has 1 aromatic carbocycles. The number of nitrogen functional groups attached to an aromatic ring is 1. The number of nitrogens with one attached hydrogen (secondary N) is 2. The molecule has 0 saturated heterocycles. The van der Waals surface area contributed by atoms with Crippen LogP contribution in [-0.4, -0.2) is 26.4 Å². The highest BCUT2D eigenvalue weighted by Crippen LogP contribution is 2.25. The number of carbonyl (C=O) groups is 1. The first-order chi connectivity index (χ1) is 9.44. The van der Waals surface area contributed by atoms with Crippen LogP contribution in [0.1, 0.15) is 31.9 Å². The van der Waals surface area contributed by atoms with Crippen molar-refractivity contribution in [3.63, 3.8) is 0 Å². The van der Waals surface area contributed by atoms with Gasteiger partial charge in [0.05, 0.1) is 12.2 Å². The van der Waals surface area contributed by atoms with Crippen LogP contribution in [0.15, 0.2) is 17.0 Å². The maximum Gasteiger partial charge on any atom is 0.243 e. The Morgan fingerprint density at radius 1 is 1.19 bits per heavy atom. The number of anilines is 1. The van der Waals surface area contributed by atoms with E-state index in [0.717, 1.165) is 0 Å². The maximum absolute atomic E-state index is 12.3. The molecule has 7 heteroatoms. The van der Waals surface area contributed by atoms with Crippen molar-refractivity contribution >= 4 is 21.6 Å². The summed E-state index contributed by atoms with van der Waals surface area (Å²) < 4.78 is 26.9. The summed E-state index contributed by atoms with van der Waals surface area (Å²) in [6.45, 7) is 8.54. The molecule has 0 bridgehead atoms. The van der Waals surface area contributed by atoms with Crippen molar-refractivity contribution < 1.29 is 13.2 Å². The largest absolute Gasteiger partial charge is 0.397 e. The Bertz CT molecular complexity index is 646. The molecule has 6 nitrogen and oxygen atoms in total. The van der Waals surface area contributed by atoms with E-state index >= 15 is 0 Å². The topological polar surface area (TPSA) is 101 Å². The van der Waals surface area contributed by atoms with Gasteiger partial charge in [-0.25, -0.2) is 13.1 Å². The zero-order chi connectivity index (χ0) is 16.4. The van der Waals surface area contributed by atoms with E-state index in [1.165, 1.54) is 0 Å². The second kappa shape index (κ2) is 6.03. The van der Waals surface area contributed by atoms with Gasteiger partial charge in [0.25, 0.3) is 0 Å². The van der Waals surface area contributed by atoms with E-state index in [0.29, 0.717) is 11.1 Å². The molecular weight excluding hydrogens is 290 g/mol. The quantitative estimate of drug-likeness (QED) is 0.724. The summed E-state index contributed by atoms with van der Waals surface area (Å²) in [6, 6.07) is 3.45. The summed E-state index contributed by atoms with van der Waals surface area (Å²) in [5.41, 5.74) is 6.87. The van der Waals surface area contributed by atoms with Crippen LogP contribution in [0.4, 0.5) is 5.69 Å².